The lowest BCUT2D eigenvalue weighted by atomic mass is 10.1. The van der Waals surface area contributed by atoms with Crippen molar-refractivity contribution in [1.82, 2.24) is 15.2 Å². The van der Waals surface area contributed by atoms with Crippen molar-refractivity contribution in [1.29, 1.82) is 0 Å². The molecule has 39 heavy (non-hydrogen) atoms. The van der Waals surface area contributed by atoms with E-state index in [1.807, 2.05) is 67.6 Å². The molecule has 0 spiro atoms. The van der Waals surface area contributed by atoms with Gasteiger partial charge in [0, 0.05) is 43.3 Å². The van der Waals surface area contributed by atoms with Gasteiger partial charge in [0.2, 0.25) is 0 Å². The second kappa shape index (κ2) is 13.7. The van der Waals surface area contributed by atoms with Gasteiger partial charge < -0.3 is 29.9 Å². The Kier molecular flexibility index (Phi) is 9.85. The number of hydrogen-bond acceptors (Lipinski definition) is 7. The van der Waals surface area contributed by atoms with E-state index < -0.39 is 6.10 Å². The average molecular weight is 530 g/mol. The molecule has 1 heterocycles. The van der Waals surface area contributed by atoms with Crippen LogP contribution in [0.1, 0.15) is 22.8 Å². The summed E-state index contributed by atoms with van der Waals surface area (Å²) < 4.78 is 11.7. The number of hydrogen-bond donors (Lipinski definition) is 3. The van der Waals surface area contributed by atoms with Gasteiger partial charge in [0.1, 0.15) is 30.0 Å². The van der Waals surface area contributed by atoms with E-state index >= 15 is 0 Å². The van der Waals surface area contributed by atoms with Gasteiger partial charge in [-0.25, -0.2) is 0 Å². The van der Waals surface area contributed by atoms with Gasteiger partial charge in [0.05, 0.1) is 12.1 Å². The largest absolute Gasteiger partial charge is 0.491 e. The van der Waals surface area contributed by atoms with Crippen molar-refractivity contribution in [3.63, 3.8) is 0 Å². The third-order valence-corrected chi connectivity index (χ3v) is 6.45. The molecular formula is C31H35N3O5. The molecule has 0 bridgehead atoms. The van der Waals surface area contributed by atoms with Crippen LogP contribution < -0.4 is 14.8 Å². The maximum absolute atomic E-state index is 12.5. The average Bonchev–Trinajstić information content (AvgIpc) is 2.98. The van der Waals surface area contributed by atoms with Gasteiger partial charge >= 0.3 is 0 Å². The Balaban J connectivity index is 1.32. The van der Waals surface area contributed by atoms with Crippen LogP contribution in [-0.4, -0.2) is 71.5 Å². The van der Waals surface area contributed by atoms with Crippen molar-refractivity contribution in [2.24, 2.45) is 0 Å². The summed E-state index contributed by atoms with van der Waals surface area (Å²) in [6, 6.07) is 24.0. The Morgan fingerprint density at radius 2 is 1.79 bits per heavy atom. The lowest BCUT2D eigenvalue weighted by Gasteiger charge is -2.19. The number of nitrogens with zero attached hydrogens (tertiary/aromatic N) is 2. The molecule has 8 nitrogen and oxygen atoms in total. The smallest absolute Gasteiger partial charge is 0.253 e. The number of benzene rings is 3. The topological polar surface area (TPSA) is 104 Å². The number of carbonyl (C=O) groups excluding carboxylic acids is 1. The fourth-order valence-corrected chi connectivity index (χ4v) is 4.08. The first-order valence-corrected chi connectivity index (χ1v) is 13.1. The van der Waals surface area contributed by atoms with Crippen molar-refractivity contribution in [2.75, 3.05) is 33.4 Å². The number of aliphatic hydroxyl groups is 2. The predicted molar refractivity (Wildman–Crippen MR) is 151 cm³/mol. The lowest BCUT2D eigenvalue weighted by molar-refractivity contribution is 0.0802. The van der Waals surface area contributed by atoms with Crippen molar-refractivity contribution in [3.05, 3.63) is 96.2 Å². The number of pyridine rings is 1. The number of aliphatic hydroxyl groups excluding tert-OH is 2. The van der Waals surface area contributed by atoms with Crippen LogP contribution in [0.5, 0.6) is 17.2 Å². The fourth-order valence-electron chi connectivity index (χ4n) is 4.08. The van der Waals surface area contributed by atoms with Crippen molar-refractivity contribution in [3.8, 4) is 17.2 Å². The molecule has 3 aromatic carbocycles. The van der Waals surface area contributed by atoms with Crippen LogP contribution in [0.25, 0.3) is 10.9 Å². The molecule has 204 valence electrons. The maximum atomic E-state index is 12.5. The van der Waals surface area contributed by atoms with Gasteiger partial charge in [0.15, 0.2) is 0 Å². The van der Waals surface area contributed by atoms with E-state index in [0.29, 0.717) is 47.8 Å². The highest BCUT2D eigenvalue weighted by molar-refractivity contribution is 5.98. The molecule has 0 aliphatic rings. The molecule has 2 atom stereocenters. The molecule has 4 aromatic rings. The molecule has 0 fully saturated rings. The maximum Gasteiger partial charge on any atom is 0.253 e. The van der Waals surface area contributed by atoms with Gasteiger partial charge in [0.25, 0.3) is 5.91 Å². The van der Waals surface area contributed by atoms with Gasteiger partial charge in [-0.1, -0.05) is 30.3 Å². The monoisotopic (exact) mass is 529 g/mol. The van der Waals surface area contributed by atoms with Gasteiger partial charge in [-0.3, -0.25) is 9.78 Å². The van der Waals surface area contributed by atoms with E-state index in [9.17, 15) is 15.0 Å². The fraction of sp³-hybridized carbons (Fsp3) is 0.290. The molecular weight excluding hydrogens is 494 g/mol. The summed E-state index contributed by atoms with van der Waals surface area (Å²) in [5.74, 6) is 1.97. The number of amides is 1. The highest BCUT2D eigenvalue weighted by Crippen LogP contribution is 2.29. The quantitative estimate of drug-likeness (QED) is 0.240. The summed E-state index contributed by atoms with van der Waals surface area (Å²) in [6.45, 7) is 2.97. The molecule has 0 unspecified atom stereocenters. The number of aromatic nitrogens is 1. The SMILES string of the molecule is CCN(C)C(=O)c1ccc2c(Oc3ccc(C[C@@H](CO)NC[C@H](O)COc4ccccc4)cc3)ccnc2c1. The van der Waals surface area contributed by atoms with Crippen molar-refractivity contribution in [2.45, 2.75) is 25.5 Å². The minimum Gasteiger partial charge on any atom is -0.491 e. The predicted octanol–water partition coefficient (Wildman–Crippen LogP) is 4.05. The molecule has 3 N–H and O–H groups in total. The first-order chi connectivity index (χ1) is 19.0. The summed E-state index contributed by atoms with van der Waals surface area (Å²) in [5.41, 5.74) is 2.29. The molecule has 0 aliphatic carbocycles. The van der Waals surface area contributed by atoms with Crippen LogP contribution >= 0.6 is 0 Å². The van der Waals surface area contributed by atoms with E-state index in [4.69, 9.17) is 9.47 Å². The summed E-state index contributed by atoms with van der Waals surface area (Å²) in [6.07, 6.45) is 1.55. The number of rotatable bonds is 13. The van der Waals surface area contributed by atoms with E-state index in [2.05, 4.69) is 10.3 Å². The first-order valence-electron chi connectivity index (χ1n) is 13.1. The van der Waals surface area contributed by atoms with Gasteiger partial charge in [-0.15, -0.1) is 0 Å². The summed E-state index contributed by atoms with van der Waals surface area (Å²) >= 11 is 0. The molecule has 0 saturated heterocycles. The molecule has 4 rings (SSSR count). The van der Waals surface area contributed by atoms with Crippen LogP contribution in [-0.2, 0) is 6.42 Å². The van der Waals surface area contributed by atoms with Gasteiger partial charge in [-0.05, 0) is 67.4 Å². The second-order valence-electron chi connectivity index (χ2n) is 9.38. The van der Waals surface area contributed by atoms with Crippen LogP contribution in [0.3, 0.4) is 0 Å². The Hall–Kier alpha value is -3.98. The number of fused-ring (bicyclic) bond motifs is 1. The molecule has 0 radical (unpaired) electrons. The normalized spacial score (nSPS) is 12.6. The first kappa shape index (κ1) is 28.0. The molecule has 8 heteroatoms. The van der Waals surface area contributed by atoms with E-state index in [-0.39, 0.29) is 25.2 Å². The zero-order valence-corrected chi connectivity index (χ0v) is 22.3. The Bertz CT molecular complexity index is 1350. The summed E-state index contributed by atoms with van der Waals surface area (Å²) in [5, 5.41) is 24.1. The van der Waals surface area contributed by atoms with E-state index in [0.717, 1.165) is 10.9 Å². The number of nitrogens with one attached hydrogen (secondary N) is 1. The molecule has 0 aliphatic heterocycles. The Morgan fingerprint density at radius 1 is 1.03 bits per heavy atom. The minimum absolute atomic E-state index is 0.0474. The van der Waals surface area contributed by atoms with E-state index in [1.165, 1.54) is 0 Å². The van der Waals surface area contributed by atoms with Crippen LogP contribution in [0.15, 0.2) is 85.1 Å². The lowest BCUT2D eigenvalue weighted by Crippen LogP contribution is -2.41. The molecule has 1 amide bonds. The number of ether oxygens (including phenoxy) is 2. The summed E-state index contributed by atoms with van der Waals surface area (Å²) in [7, 11) is 1.77. The van der Waals surface area contributed by atoms with Crippen LogP contribution in [0.2, 0.25) is 0 Å². The number of para-hydroxylation sites is 1. The third-order valence-electron chi connectivity index (χ3n) is 6.45. The third kappa shape index (κ3) is 7.77. The second-order valence-corrected chi connectivity index (χ2v) is 9.38. The van der Waals surface area contributed by atoms with E-state index in [1.54, 1.807) is 36.3 Å². The zero-order valence-electron chi connectivity index (χ0n) is 22.3. The van der Waals surface area contributed by atoms with Crippen LogP contribution in [0, 0.1) is 0 Å². The van der Waals surface area contributed by atoms with Crippen LogP contribution in [0.4, 0.5) is 0 Å². The standard InChI is InChI=1S/C31H35N3O5/c1-3-34(2)31(37)23-11-14-28-29(18-23)32-16-15-30(28)39-27-12-9-22(10-13-27)17-24(20-35)33-19-25(36)21-38-26-7-5-4-6-8-26/h4-16,18,24-25,33,35-36H,3,17,19-21H2,1-2H3/t24-,25-/m0/s1. The minimum atomic E-state index is -0.702. The Labute approximate surface area is 228 Å². The number of carbonyl (C=O) groups is 1. The Morgan fingerprint density at radius 3 is 2.51 bits per heavy atom. The highest BCUT2D eigenvalue weighted by Gasteiger charge is 2.14. The van der Waals surface area contributed by atoms with Crippen molar-refractivity contribution >= 4 is 16.8 Å². The zero-order chi connectivity index (χ0) is 27.6. The molecule has 0 saturated carbocycles. The van der Waals surface area contributed by atoms with Crippen molar-refractivity contribution < 1.29 is 24.5 Å². The molecule has 1 aromatic heterocycles. The van der Waals surface area contributed by atoms with Gasteiger partial charge in [-0.2, -0.15) is 0 Å². The summed E-state index contributed by atoms with van der Waals surface area (Å²) in [4.78, 5) is 18.6. The highest BCUT2D eigenvalue weighted by atomic mass is 16.5.